The maximum absolute atomic E-state index is 9.61. The lowest BCUT2D eigenvalue weighted by Gasteiger charge is -2.24. The molecule has 0 radical (unpaired) electrons. The third-order valence-corrected chi connectivity index (χ3v) is 4.98. The first-order valence-corrected chi connectivity index (χ1v) is 8.27. The predicted octanol–water partition coefficient (Wildman–Crippen LogP) is 3.34. The highest BCUT2D eigenvalue weighted by Gasteiger charge is 2.27. The van der Waals surface area contributed by atoms with Crippen LogP contribution in [0.3, 0.4) is 0 Å². The molecule has 0 saturated heterocycles. The van der Waals surface area contributed by atoms with Crippen LogP contribution in [0.1, 0.15) is 28.2 Å². The van der Waals surface area contributed by atoms with Crippen LogP contribution in [-0.4, -0.2) is 44.4 Å². The van der Waals surface area contributed by atoms with Gasteiger partial charge < -0.3 is 19.5 Å². The van der Waals surface area contributed by atoms with E-state index in [0.29, 0.717) is 5.75 Å². The molecule has 1 atom stereocenters. The van der Waals surface area contributed by atoms with Crippen molar-refractivity contribution in [3.8, 4) is 17.2 Å². The molecule has 2 aromatic carbocycles. The van der Waals surface area contributed by atoms with E-state index < -0.39 is 0 Å². The third-order valence-electron chi connectivity index (χ3n) is 4.98. The smallest absolute Gasteiger partial charge is 0.163 e. The SMILES string of the molecule is COc1cc2c(c(C)c1OC)CCN(C)CC2c1ccc(O)cc1. The van der Waals surface area contributed by atoms with Crippen LogP contribution in [0, 0.1) is 6.92 Å². The van der Waals surface area contributed by atoms with Gasteiger partial charge >= 0.3 is 0 Å². The number of aromatic hydroxyl groups is 1. The maximum atomic E-state index is 9.61. The summed E-state index contributed by atoms with van der Waals surface area (Å²) in [6, 6.07) is 9.66. The minimum Gasteiger partial charge on any atom is -0.508 e. The molecule has 0 amide bonds. The molecule has 0 aromatic heterocycles. The lowest BCUT2D eigenvalue weighted by atomic mass is 9.85. The summed E-state index contributed by atoms with van der Waals surface area (Å²) in [5, 5.41) is 9.61. The van der Waals surface area contributed by atoms with Gasteiger partial charge in [-0.3, -0.25) is 0 Å². The highest BCUT2D eigenvalue weighted by Crippen LogP contribution is 2.41. The Balaban J connectivity index is 2.18. The van der Waals surface area contributed by atoms with E-state index in [9.17, 15) is 5.11 Å². The molecule has 1 heterocycles. The molecule has 4 heteroatoms. The van der Waals surface area contributed by atoms with E-state index in [4.69, 9.17) is 9.47 Å². The molecule has 2 aromatic rings. The van der Waals surface area contributed by atoms with Crippen LogP contribution in [0.5, 0.6) is 17.2 Å². The van der Waals surface area contributed by atoms with E-state index in [2.05, 4.69) is 24.9 Å². The Morgan fingerprint density at radius 2 is 1.83 bits per heavy atom. The average molecular weight is 327 g/mol. The molecular formula is C20H25NO3. The van der Waals surface area contributed by atoms with Crippen LogP contribution in [0.25, 0.3) is 0 Å². The van der Waals surface area contributed by atoms with Crippen LogP contribution in [-0.2, 0) is 6.42 Å². The molecule has 0 bridgehead atoms. The molecule has 1 aliphatic heterocycles. The number of likely N-dealkylation sites (N-methyl/N-ethyl adjacent to an activating group) is 1. The van der Waals surface area contributed by atoms with Gasteiger partial charge in [0.25, 0.3) is 0 Å². The fraction of sp³-hybridized carbons (Fsp3) is 0.400. The first-order chi connectivity index (χ1) is 11.5. The number of hydrogen-bond acceptors (Lipinski definition) is 4. The van der Waals surface area contributed by atoms with Crippen LogP contribution in [0.2, 0.25) is 0 Å². The van der Waals surface area contributed by atoms with Gasteiger partial charge in [0.15, 0.2) is 11.5 Å². The van der Waals surface area contributed by atoms with Crippen molar-refractivity contribution in [1.29, 1.82) is 0 Å². The first kappa shape index (κ1) is 16.7. The third kappa shape index (κ3) is 2.94. The van der Waals surface area contributed by atoms with Crippen molar-refractivity contribution >= 4 is 0 Å². The highest BCUT2D eigenvalue weighted by atomic mass is 16.5. The Labute approximate surface area is 143 Å². The second kappa shape index (κ2) is 6.73. The zero-order valence-electron chi connectivity index (χ0n) is 14.8. The van der Waals surface area contributed by atoms with Crippen molar-refractivity contribution in [3.63, 3.8) is 0 Å². The number of fused-ring (bicyclic) bond motifs is 1. The molecule has 0 fully saturated rings. The molecule has 1 N–H and O–H groups in total. The van der Waals surface area contributed by atoms with Crippen molar-refractivity contribution in [3.05, 3.63) is 52.6 Å². The summed E-state index contributed by atoms with van der Waals surface area (Å²) in [6.07, 6.45) is 0.993. The lowest BCUT2D eigenvalue weighted by molar-refractivity contribution is 0.337. The fourth-order valence-corrected chi connectivity index (χ4v) is 3.68. The summed E-state index contributed by atoms with van der Waals surface area (Å²) in [7, 11) is 5.53. The first-order valence-electron chi connectivity index (χ1n) is 8.27. The average Bonchev–Trinajstić information content (AvgIpc) is 2.75. The molecule has 1 unspecified atom stereocenters. The zero-order valence-corrected chi connectivity index (χ0v) is 14.8. The van der Waals surface area contributed by atoms with Crippen LogP contribution < -0.4 is 9.47 Å². The van der Waals surface area contributed by atoms with Gasteiger partial charge in [-0.1, -0.05) is 12.1 Å². The second-order valence-electron chi connectivity index (χ2n) is 6.46. The molecule has 4 nitrogen and oxygen atoms in total. The van der Waals surface area contributed by atoms with Gasteiger partial charge in [0, 0.05) is 19.0 Å². The largest absolute Gasteiger partial charge is 0.508 e. The Morgan fingerprint density at radius 1 is 1.12 bits per heavy atom. The van der Waals surface area contributed by atoms with Crippen molar-refractivity contribution < 1.29 is 14.6 Å². The number of nitrogens with zero attached hydrogens (tertiary/aromatic N) is 1. The Hall–Kier alpha value is -2.20. The number of phenolic OH excluding ortho intramolecular Hbond substituents is 1. The number of phenols is 1. The monoisotopic (exact) mass is 327 g/mol. The van der Waals surface area contributed by atoms with E-state index in [-0.39, 0.29) is 5.92 Å². The fourth-order valence-electron chi connectivity index (χ4n) is 3.68. The Kier molecular flexibility index (Phi) is 4.67. The Bertz CT molecular complexity index is 725. The van der Waals surface area contributed by atoms with Gasteiger partial charge in [0.2, 0.25) is 0 Å². The van der Waals surface area contributed by atoms with E-state index in [1.54, 1.807) is 26.4 Å². The van der Waals surface area contributed by atoms with E-state index in [0.717, 1.165) is 36.6 Å². The predicted molar refractivity (Wildman–Crippen MR) is 95.4 cm³/mol. The molecule has 0 aliphatic carbocycles. The van der Waals surface area contributed by atoms with Crippen LogP contribution in [0.4, 0.5) is 0 Å². The van der Waals surface area contributed by atoms with Gasteiger partial charge in [-0.25, -0.2) is 0 Å². The summed E-state index contributed by atoms with van der Waals surface area (Å²) in [5.41, 5.74) is 5.00. The minimum atomic E-state index is 0.242. The van der Waals surface area contributed by atoms with Crippen molar-refractivity contribution in [1.82, 2.24) is 4.90 Å². The minimum absolute atomic E-state index is 0.242. The van der Waals surface area contributed by atoms with Crippen LogP contribution in [0.15, 0.2) is 30.3 Å². The highest BCUT2D eigenvalue weighted by molar-refractivity contribution is 5.57. The van der Waals surface area contributed by atoms with Crippen molar-refractivity contribution in [2.24, 2.45) is 0 Å². The normalized spacial score (nSPS) is 17.9. The van der Waals surface area contributed by atoms with Gasteiger partial charge in [0.05, 0.1) is 14.2 Å². The molecular weight excluding hydrogens is 302 g/mol. The summed E-state index contributed by atoms with van der Waals surface area (Å²) in [6.45, 7) is 4.06. The number of rotatable bonds is 3. The van der Waals surface area contributed by atoms with Gasteiger partial charge in [-0.05, 0) is 60.8 Å². The van der Waals surface area contributed by atoms with Crippen molar-refractivity contribution in [2.45, 2.75) is 19.3 Å². The van der Waals surface area contributed by atoms with E-state index in [1.807, 2.05) is 12.1 Å². The zero-order chi connectivity index (χ0) is 17.3. The van der Waals surface area contributed by atoms with Gasteiger partial charge in [-0.15, -0.1) is 0 Å². The molecule has 24 heavy (non-hydrogen) atoms. The van der Waals surface area contributed by atoms with Gasteiger partial charge in [0.1, 0.15) is 5.75 Å². The van der Waals surface area contributed by atoms with Crippen LogP contribution >= 0.6 is 0 Å². The molecule has 128 valence electrons. The topological polar surface area (TPSA) is 41.9 Å². The number of hydrogen-bond donors (Lipinski definition) is 1. The Morgan fingerprint density at radius 3 is 2.46 bits per heavy atom. The number of benzene rings is 2. The summed E-state index contributed by atoms with van der Waals surface area (Å²) in [4.78, 5) is 2.36. The number of methoxy groups -OCH3 is 2. The van der Waals surface area contributed by atoms with Gasteiger partial charge in [-0.2, -0.15) is 0 Å². The molecule has 0 spiro atoms. The lowest BCUT2D eigenvalue weighted by Crippen LogP contribution is -2.24. The van der Waals surface area contributed by atoms with E-state index in [1.165, 1.54) is 16.7 Å². The summed E-state index contributed by atoms with van der Waals surface area (Å²) >= 11 is 0. The molecule has 1 aliphatic rings. The van der Waals surface area contributed by atoms with E-state index >= 15 is 0 Å². The molecule has 3 rings (SSSR count). The quantitative estimate of drug-likeness (QED) is 0.939. The standard InChI is InChI=1S/C20H25NO3/c1-13-16-9-10-21(2)12-18(14-5-7-15(22)8-6-14)17(16)11-19(23-3)20(13)24-4/h5-8,11,18,22H,9-10,12H2,1-4H3. The number of ether oxygens (including phenoxy) is 2. The maximum Gasteiger partial charge on any atom is 0.163 e. The molecule has 0 saturated carbocycles. The van der Waals surface area contributed by atoms with Crippen molar-refractivity contribution in [2.75, 3.05) is 34.4 Å². The summed E-state index contributed by atoms with van der Waals surface area (Å²) in [5.74, 6) is 2.14. The second-order valence-corrected chi connectivity index (χ2v) is 6.46. The summed E-state index contributed by atoms with van der Waals surface area (Å²) < 4.78 is 11.2.